The van der Waals surface area contributed by atoms with Crippen LogP contribution in [0.25, 0.3) is 0 Å². The summed E-state index contributed by atoms with van der Waals surface area (Å²) in [4.78, 5) is 11.8. The molecule has 166 valence electrons. The van der Waals surface area contributed by atoms with E-state index in [-0.39, 0.29) is 12.1 Å². The van der Waals surface area contributed by atoms with Crippen LogP contribution in [0.15, 0.2) is 0 Å². The lowest BCUT2D eigenvalue weighted by Crippen LogP contribution is -2.20. The Morgan fingerprint density at radius 3 is 1.43 bits per heavy atom. The molecule has 0 aromatic heterocycles. The first-order chi connectivity index (χ1) is 13.8. The zero-order chi connectivity index (χ0) is 20.1. The normalized spacial score (nSPS) is 15.0. The van der Waals surface area contributed by atoms with Crippen molar-refractivity contribution in [3.05, 3.63) is 0 Å². The second-order valence-corrected chi connectivity index (χ2v) is 9.16. The molecule has 0 radical (unpaired) electrons. The SMILES string of the molecule is CCCCCCCCCCCCCCCCCCCC(=O)OC1CCCCC1. The van der Waals surface area contributed by atoms with Crippen molar-refractivity contribution in [3.8, 4) is 0 Å². The maximum atomic E-state index is 11.8. The van der Waals surface area contributed by atoms with Gasteiger partial charge in [-0.25, -0.2) is 0 Å². The lowest BCUT2D eigenvalue weighted by atomic mass is 9.98. The van der Waals surface area contributed by atoms with Crippen LogP contribution in [-0.4, -0.2) is 12.1 Å². The van der Waals surface area contributed by atoms with Gasteiger partial charge in [0.25, 0.3) is 0 Å². The van der Waals surface area contributed by atoms with Crippen molar-refractivity contribution < 1.29 is 9.53 Å². The Labute approximate surface area is 176 Å². The molecule has 28 heavy (non-hydrogen) atoms. The molecule has 0 aliphatic heterocycles. The highest BCUT2D eigenvalue weighted by molar-refractivity contribution is 5.69. The lowest BCUT2D eigenvalue weighted by Gasteiger charge is -2.21. The van der Waals surface area contributed by atoms with Crippen molar-refractivity contribution in [1.82, 2.24) is 0 Å². The second kappa shape index (κ2) is 19.8. The minimum atomic E-state index is 0.0489. The van der Waals surface area contributed by atoms with Gasteiger partial charge in [-0.15, -0.1) is 0 Å². The third-order valence-electron chi connectivity index (χ3n) is 6.33. The van der Waals surface area contributed by atoms with Crippen LogP contribution in [0.2, 0.25) is 0 Å². The van der Waals surface area contributed by atoms with Gasteiger partial charge in [-0.1, -0.05) is 116 Å². The molecule has 0 amide bonds. The molecule has 0 heterocycles. The van der Waals surface area contributed by atoms with E-state index in [1.54, 1.807) is 0 Å². The van der Waals surface area contributed by atoms with Gasteiger partial charge in [0, 0.05) is 6.42 Å². The Hall–Kier alpha value is -0.530. The van der Waals surface area contributed by atoms with Gasteiger partial charge in [-0.2, -0.15) is 0 Å². The maximum Gasteiger partial charge on any atom is 0.306 e. The fourth-order valence-electron chi connectivity index (χ4n) is 4.42. The Morgan fingerprint density at radius 2 is 1.00 bits per heavy atom. The molecule has 0 aromatic rings. The highest BCUT2D eigenvalue weighted by Crippen LogP contribution is 2.21. The number of hydrogen-bond acceptors (Lipinski definition) is 2. The summed E-state index contributed by atoms with van der Waals surface area (Å²) in [6.45, 7) is 2.29. The number of esters is 1. The van der Waals surface area contributed by atoms with Crippen LogP contribution in [0.1, 0.15) is 155 Å². The molecule has 0 spiro atoms. The van der Waals surface area contributed by atoms with Crippen LogP contribution in [0.5, 0.6) is 0 Å². The Bertz CT molecular complexity index is 333. The monoisotopic (exact) mass is 394 g/mol. The first-order valence-electron chi connectivity index (χ1n) is 13.0. The predicted molar refractivity (Wildman–Crippen MR) is 122 cm³/mol. The Kier molecular flexibility index (Phi) is 18.0. The third-order valence-corrected chi connectivity index (χ3v) is 6.33. The molecule has 0 bridgehead atoms. The second-order valence-electron chi connectivity index (χ2n) is 9.16. The summed E-state index contributed by atoms with van der Waals surface area (Å²) in [5, 5.41) is 0. The zero-order valence-corrected chi connectivity index (χ0v) is 19.2. The average molecular weight is 395 g/mol. The van der Waals surface area contributed by atoms with Gasteiger partial charge >= 0.3 is 5.97 Å². The summed E-state index contributed by atoms with van der Waals surface area (Å²) in [7, 11) is 0. The summed E-state index contributed by atoms with van der Waals surface area (Å²) in [6, 6.07) is 0. The Morgan fingerprint density at radius 1 is 0.607 bits per heavy atom. The van der Waals surface area contributed by atoms with E-state index in [4.69, 9.17) is 4.74 Å². The van der Waals surface area contributed by atoms with E-state index < -0.39 is 0 Å². The van der Waals surface area contributed by atoms with Gasteiger partial charge in [0.1, 0.15) is 6.10 Å². The molecule has 1 aliphatic rings. The minimum absolute atomic E-state index is 0.0489. The average Bonchev–Trinajstić information content (AvgIpc) is 2.71. The van der Waals surface area contributed by atoms with Crippen molar-refractivity contribution in [2.45, 2.75) is 161 Å². The van der Waals surface area contributed by atoms with Crippen LogP contribution in [0.3, 0.4) is 0 Å². The molecule has 1 aliphatic carbocycles. The van der Waals surface area contributed by atoms with Crippen LogP contribution >= 0.6 is 0 Å². The molecule has 0 atom stereocenters. The lowest BCUT2D eigenvalue weighted by molar-refractivity contribution is -0.150. The van der Waals surface area contributed by atoms with E-state index in [1.807, 2.05) is 0 Å². The Balaban J connectivity index is 1.71. The van der Waals surface area contributed by atoms with Gasteiger partial charge in [0.15, 0.2) is 0 Å². The van der Waals surface area contributed by atoms with E-state index in [0.717, 1.165) is 19.3 Å². The van der Waals surface area contributed by atoms with Gasteiger partial charge < -0.3 is 4.74 Å². The molecule has 1 fully saturated rings. The standard InChI is InChI=1S/C26H50O2/c1-2-3-4-5-6-7-8-9-10-11-12-13-14-15-16-17-21-24-26(27)28-25-22-19-18-20-23-25/h25H,2-24H2,1H3. The molecular weight excluding hydrogens is 344 g/mol. The number of unbranched alkanes of at least 4 members (excludes halogenated alkanes) is 16. The molecule has 2 heteroatoms. The molecule has 0 unspecified atom stereocenters. The van der Waals surface area contributed by atoms with Gasteiger partial charge in [0.2, 0.25) is 0 Å². The molecule has 0 aromatic carbocycles. The van der Waals surface area contributed by atoms with Crippen LogP contribution < -0.4 is 0 Å². The number of carbonyl (C=O) groups is 1. The molecule has 1 rings (SSSR count). The fourth-order valence-corrected chi connectivity index (χ4v) is 4.42. The van der Waals surface area contributed by atoms with E-state index in [9.17, 15) is 4.79 Å². The topological polar surface area (TPSA) is 26.3 Å². The first kappa shape index (κ1) is 25.5. The van der Waals surface area contributed by atoms with Crippen molar-refractivity contribution >= 4 is 5.97 Å². The van der Waals surface area contributed by atoms with Crippen LogP contribution in [0, 0.1) is 0 Å². The maximum absolute atomic E-state index is 11.8. The molecule has 0 N–H and O–H groups in total. The summed E-state index contributed by atoms with van der Waals surface area (Å²) in [6.07, 6.45) is 30.2. The number of carbonyl (C=O) groups excluding carboxylic acids is 1. The summed E-state index contributed by atoms with van der Waals surface area (Å²) >= 11 is 0. The van der Waals surface area contributed by atoms with Gasteiger partial charge in [-0.05, 0) is 32.1 Å². The van der Waals surface area contributed by atoms with Crippen LogP contribution in [0.4, 0.5) is 0 Å². The molecular formula is C26H50O2. The number of rotatable bonds is 19. The quantitative estimate of drug-likeness (QED) is 0.161. The van der Waals surface area contributed by atoms with E-state index >= 15 is 0 Å². The van der Waals surface area contributed by atoms with E-state index in [0.29, 0.717) is 6.42 Å². The van der Waals surface area contributed by atoms with E-state index in [2.05, 4.69) is 6.92 Å². The minimum Gasteiger partial charge on any atom is -0.462 e. The molecule has 2 nitrogen and oxygen atoms in total. The number of ether oxygens (including phenoxy) is 1. The largest absolute Gasteiger partial charge is 0.462 e. The van der Waals surface area contributed by atoms with Crippen molar-refractivity contribution in [2.24, 2.45) is 0 Å². The highest BCUT2D eigenvalue weighted by atomic mass is 16.5. The van der Waals surface area contributed by atoms with Crippen molar-refractivity contribution in [1.29, 1.82) is 0 Å². The van der Waals surface area contributed by atoms with Crippen LogP contribution in [-0.2, 0) is 9.53 Å². The van der Waals surface area contributed by atoms with Gasteiger partial charge in [-0.3, -0.25) is 4.79 Å². The van der Waals surface area contributed by atoms with Gasteiger partial charge in [0.05, 0.1) is 0 Å². The molecule has 1 saturated carbocycles. The van der Waals surface area contributed by atoms with E-state index in [1.165, 1.54) is 122 Å². The first-order valence-corrected chi connectivity index (χ1v) is 13.0. The highest BCUT2D eigenvalue weighted by Gasteiger charge is 2.17. The third kappa shape index (κ3) is 16.4. The summed E-state index contributed by atoms with van der Waals surface area (Å²) in [5.74, 6) is 0.0489. The number of hydrogen-bond donors (Lipinski definition) is 0. The van der Waals surface area contributed by atoms with Crippen molar-refractivity contribution in [3.63, 3.8) is 0 Å². The predicted octanol–water partition coefficient (Wildman–Crippen LogP) is 8.90. The van der Waals surface area contributed by atoms with Crippen molar-refractivity contribution in [2.75, 3.05) is 0 Å². The fraction of sp³-hybridized carbons (Fsp3) is 0.962. The summed E-state index contributed by atoms with van der Waals surface area (Å²) < 4.78 is 5.58. The summed E-state index contributed by atoms with van der Waals surface area (Å²) in [5.41, 5.74) is 0. The zero-order valence-electron chi connectivity index (χ0n) is 19.2. The smallest absolute Gasteiger partial charge is 0.306 e. The molecule has 0 saturated heterocycles.